The second-order valence-corrected chi connectivity index (χ2v) is 10.6. The van der Waals surface area contributed by atoms with Crippen LogP contribution in [0.3, 0.4) is 0 Å². The number of benzene rings is 2. The van der Waals surface area contributed by atoms with Crippen molar-refractivity contribution in [3.05, 3.63) is 77.6 Å². The lowest BCUT2D eigenvalue weighted by Crippen LogP contribution is -2.38. The van der Waals surface area contributed by atoms with Gasteiger partial charge in [0.15, 0.2) is 5.71 Å². The van der Waals surface area contributed by atoms with Gasteiger partial charge < -0.3 is 9.30 Å². The first-order valence-electron chi connectivity index (χ1n) is 13.0. The quantitative estimate of drug-likeness (QED) is 0.352. The number of rotatable bonds is 5. The summed E-state index contributed by atoms with van der Waals surface area (Å²) in [6.07, 6.45) is 4.44. The molecule has 4 heterocycles. The van der Waals surface area contributed by atoms with Gasteiger partial charge in [-0.25, -0.2) is 0 Å². The van der Waals surface area contributed by atoms with Gasteiger partial charge in [-0.2, -0.15) is 4.58 Å². The van der Waals surface area contributed by atoms with E-state index in [4.69, 9.17) is 9.72 Å². The van der Waals surface area contributed by atoms with E-state index in [9.17, 15) is 0 Å². The summed E-state index contributed by atoms with van der Waals surface area (Å²) in [4.78, 5) is 7.56. The Balaban J connectivity index is 1.38. The highest BCUT2D eigenvalue weighted by molar-refractivity contribution is 6.10. The van der Waals surface area contributed by atoms with Crippen molar-refractivity contribution < 1.29 is 9.31 Å². The molecule has 0 amide bonds. The number of hydrogen-bond donors (Lipinski definition) is 0. The molecule has 0 N–H and O–H groups in total. The first-order valence-corrected chi connectivity index (χ1v) is 13.0. The first-order chi connectivity index (χ1) is 17.4. The maximum atomic E-state index is 5.54. The third-order valence-electron chi connectivity index (χ3n) is 8.04. The molecule has 0 atom stereocenters. The Morgan fingerprint density at radius 2 is 1.72 bits per heavy atom. The van der Waals surface area contributed by atoms with E-state index in [0.29, 0.717) is 0 Å². The van der Waals surface area contributed by atoms with Crippen molar-refractivity contribution in [3.63, 3.8) is 0 Å². The number of morpholine rings is 1. The molecule has 36 heavy (non-hydrogen) atoms. The minimum Gasteiger partial charge on any atom is -0.379 e. The standard InChI is InChI=1S/C31H35N4O/c1-22-30-25(24-9-5-7-11-27(24)35(30)16-15-34-17-19-36-20-18-34)21-23(32-22)13-14-29-31(2,3)26-10-6-8-12-28(26)33(29)4/h5-14,21H,15-20H2,1-4H3/q+1. The van der Waals surface area contributed by atoms with E-state index in [0.717, 1.165) is 50.8 Å². The maximum absolute atomic E-state index is 5.54. The maximum Gasteiger partial charge on any atom is 0.209 e. The Hall–Kier alpha value is -3.28. The average Bonchev–Trinajstić information content (AvgIpc) is 3.31. The van der Waals surface area contributed by atoms with Crippen LogP contribution in [0.4, 0.5) is 5.69 Å². The fourth-order valence-electron chi connectivity index (χ4n) is 6.14. The lowest BCUT2D eigenvalue weighted by Gasteiger charge is -2.27. The van der Waals surface area contributed by atoms with Crippen molar-refractivity contribution >= 4 is 39.3 Å². The Kier molecular flexibility index (Phi) is 5.78. The number of hydrogen-bond acceptors (Lipinski definition) is 3. The largest absolute Gasteiger partial charge is 0.379 e. The molecule has 2 aliphatic rings. The zero-order chi connectivity index (χ0) is 24.9. The number of allylic oxidation sites excluding steroid dienone is 1. The highest BCUT2D eigenvalue weighted by Gasteiger charge is 2.42. The zero-order valence-corrected chi connectivity index (χ0v) is 21.8. The lowest BCUT2D eigenvalue weighted by atomic mass is 9.81. The Labute approximate surface area is 213 Å². The van der Waals surface area contributed by atoms with Gasteiger partial charge in [0.25, 0.3) is 0 Å². The van der Waals surface area contributed by atoms with E-state index >= 15 is 0 Å². The Bertz CT molecular complexity index is 1520. The minimum absolute atomic E-state index is 0.0451. The molecule has 1 fully saturated rings. The summed E-state index contributed by atoms with van der Waals surface area (Å²) in [6, 6.07) is 19.7. The second-order valence-electron chi connectivity index (χ2n) is 10.6. The number of nitrogens with zero attached hydrogens (tertiary/aromatic N) is 4. The Morgan fingerprint density at radius 1 is 0.972 bits per heavy atom. The fraction of sp³-hybridized carbons (Fsp3) is 0.355. The SMILES string of the molecule is Cc1nc(/C=C/C2=[N+](C)c3ccccc3C2(C)C)cc2c3ccccc3n(CCN3CCOCC3)c12. The van der Waals surface area contributed by atoms with Gasteiger partial charge in [0.05, 0.1) is 35.5 Å². The monoisotopic (exact) mass is 479 g/mol. The molecule has 0 radical (unpaired) electrons. The van der Waals surface area contributed by atoms with E-state index in [2.05, 4.69) is 109 Å². The predicted molar refractivity (Wildman–Crippen MR) is 149 cm³/mol. The van der Waals surface area contributed by atoms with Gasteiger partial charge in [0.2, 0.25) is 5.69 Å². The van der Waals surface area contributed by atoms with Crippen molar-refractivity contribution in [2.45, 2.75) is 32.7 Å². The number of fused-ring (bicyclic) bond motifs is 4. The smallest absolute Gasteiger partial charge is 0.209 e. The highest BCUT2D eigenvalue weighted by atomic mass is 16.5. The Morgan fingerprint density at radius 3 is 2.53 bits per heavy atom. The van der Waals surface area contributed by atoms with Crippen LogP contribution in [0.1, 0.15) is 30.8 Å². The zero-order valence-electron chi connectivity index (χ0n) is 21.8. The van der Waals surface area contributed by atoms with Crippen LogP contribution >= 0.6 is 0 Å². The summed E-state index contributed by atoms with van der Waals surface area (Å²) >= 11 is 0. The van der Waals surface area contributed by atoms with E-state index in [1.807, 2.05) is 0 Å². The third kappa shape index (κ3) is 3.78. The van der Waals surface area contributed by atoms with Gasteiger partial charge in [-0.15, -0.1) is 0 Å². The van der Waals surface area contributed by atoms with Crippen LogP contribution in [0, 0.1) is 6.92 Å². The van der Waals surface area contributed by atoms with E-state index < -0.39 is 0 Å². The van der Waals surface area contributed by atoms with E-state index in [-0.39, 0.29) is 5.41 Å². The van der Waals surface area contributed by atoms with Gasteiger partial charge in [-0.3, -0.25) is 9.88 Å². The van der Waals surface area contributed by atoms with Crippen LogP contribution in [-0.4, -0.2) is 64.6 Å². The molecule has 2 aromatic heterocycles. The van der Waals surface area contributed by atoms with Crippen molar-refractivity contribution in [2.24, 2.45) is 0 Å². The lowest BCUT2D eigenvalue weighted by molar-refractivity contribution is -0.401. The van der Waals surface area contributed by atoms with E-state index in [1.54, 1.807) is 0 Å². The van der Waals surface area contributed by atoms with Crippen molar-refractivity contribution in [3.8, 4) is 0 Å². The molecule has 6 rings (SSSR count). The van der Waals surface area contributed by atoms with Crippen LogP contribution in [0.15, 0.2) is 60.7 Å². The van der Waals surface area contributed by atoms with Gasteiger partial charge in [-0.1, -0.05) is 36.4 Å². The number of pyridine rings is 1. The summed E-state index contributed by atoms with van der Waals surface area (Å²) in [5.74, 6) is 0. The molecule has 5 heteroatoms. The molecule has 1 saturated heterocycles. The molecule has 2 aliphatic heterocycles. The molecule has 4 aromatic rings. The topological polar surface area (TPSA) is 33.3 Å². The van der Waals surface area contributed by atoms with Crippen LogP contribution in [0.2, 0.25) is 0 Å². The third-order valence-corrected chi connectivity index (χ3v) is 8.04. The molecule has 0 aliphatic carbocycles. The highest BCUT2D eigenvalue weighted by Crippen LogP contribution is 2.39. The molecule has 0 unspecified atom stereocenters. The molecular formula is C31H35N4O+. The minimum atomic E-state index is -0.0451. The summed E-state index contributed by atoms with van der Waals surface area (Å²) < 4.78 is 10.3. The molecule has 0 spiro atoms. The number of aromatic nitrogens is 2. The molecule has 0 bridgehead atoms. The molecule has 0 saturated carbocycles. The van der Waals surface area contributed by atoms with Crippen LogP contribution in [0.25, 0.3) is 27.9 Å². The van der Waals surface area contributed by atoms with E-state index in [1.165, 1.54) is 38.8 Å². The van der Waals surface area contributed by atoms with Gasteiger partial charge >= 0.3 is 0 Å². The fourth-order valence-corrected chi connectivity index (χ4v) is 6.14. The molecule has 2 aromatic carbocycles. The van der Waals surface area contributed by atoms with Crippen LogP contribution < -0.4 is 0 Å². The number of aryl methyl sites for hydroxylation is 1. The molecule has 5 nitrogen and oxygen atoms in total. The predicted octanol–water partition coefficient (Wildman–Crippen LogP) is 5.55. The number of ether oxygens (including phenoxy) is 1. The normalized spacial score (nSPS) is 18.1. The van der Waals surface area contributed by atoms with Crippen LogP contribution in [-0.2, 0) is 16.7 Å². The van der Waals surface area contributed by atoms with Gasteiger partial charge in [-0.05, 0) is 39.0 Å². The number of para-hydroxylation sites is 2. The van der Waals surface area contributed by atoms with Crippen molar-refractivity contribution in [1.29, 1.82) is 0 Å². The van der Waals surface area contributed by atoms with Crippen molar-refractivity contribution in [2.75, 3.05) is 39.9 Å². The van der Waals surface area contributed by atoms with Gasteiger partial charge in [0.1, 0.15) is 7.05 Å². The van der Waals surface area contributed by atoms with Crippen LogP contribution in [0.5, 0.6) is 0 Å². The van der Waals surface area contributed by atoms with Gasteiger partial charge in [0, 0.05) is 60.2 Å². The molecule has 184 valence electrons. The van der Waals surface area contributed by atoms with Crippen molar-refractivity contribution in [1.82, 2.24) is 14.5 Å². The summed E-state index contributed by atoms with van der Waals surface area (Å²) in [5, 5.41) is 2.58. The first kappa shape index (κ1) is 23.1. The second kappa shape index (κ2) is 8.99. The average molecular weight is 480 g/mol. The summed E-state index contributed by atoms with van der Waals surface area (Å²) in [7, 11) is 2.16. The molecular weight excluding hydrogens is 444 g/mol. The summed E-state index contributed by atoms with van der Waals surface area (Å²) in [5.41, 5.74) is 8.52. The summed E-state index contributed by atoms with van der Waals surface area (Å²) in [6.45, 7) is 12.4.